The number of nitrogens with zero attached hydrogens (tertiary/aromatic N) is 2. The monoisotopic (exact) mass is 386 g/mol. The Labute approximate surface area is 163 Å². The molecule has 0 unspecified atom stereocenters. The average molecular weight is 387 g/mol. The maximum atomic E-state index is 12.7. The summed E-state index contributed by atoms with van der Waals surface area (Å²) in [4.78, 5) is 30.7. The van der Waals surface area contributed by atoms with Crippen LogP contribution in [0.1, 0.15) is 64.9 Å². The van der Waals surface area contributed by atoms with Crippen molar-refractivity contribution in [2.75, 3.05) is 7.11 Å². The maximum absolute atomic E-state index is 12.7. The highest BCUT2D eigenvalue weighted by atomic mass is 32.1. The molecule has 27 heavy (non-hydrogen) atoms. The molecule has 0 bridgehead atoms. The van der Waals surface area contributed by atoms with Gasteiger partial charge in [0.15, 0.2) is 4.80 Å². The Hall–Kier alpha value is -2.21. The molecule has 1 saturated carbocycles. The Kier molecular flexibility index (Phi) is 5.38. The lowest BCUT2D eigenvalue weighted by Gasteiger charge is -2.17. The van der Waals surface area contributed by atoms with Gasteiger partial charge in [0.1, 0.15) is 0 Å². The Balaban J connectivity index is 1.97. The molecule has 5 nitrogen and oxygen atoms in total. The summed E-state index contributed by atoms with van der Waals surface area (Å²) < 4.78 is 6.89. The van der Waals surface area contributed by atoms with Gasteiger partial charge in [-0.2, -0.15) is 4.99 Å². The van der Waals surface area contributed by atoms with Crippen LogP contribution in [0.15, 0.2) is 29.3 Å². The Morgan fingerprint density at radius 2 is 1.78 bits per heavy atom. The number of aromatic nitrogens is 1. The fraction of sp³-hybridized carbons (Fsp3) is 0.476. The topological polar surface area (TPSA) is 60.7 Å². The summed E-state index contributed by atoms with van der Waals surface area (Å²) in [5.41, 5.74) is 2.09. The first-order valence-corrected chi connectivity index (χ1v) is 10.0. The highest BCUT2D eigenvalue weighted by Crippen LogP contribution is 2.33. The number of ether oxygens (including phenoxy) is 1. The van der Waals surface area contributed by atoms with E-state index in [1.54, 1.807) is 35.6 Å². The van der Waals surface area contributed by atoms with Crippen LogP contribution in [0.3, 0.4) is 0 Å². The van der Waals surface area contributed by atoms with Crippen molar-refractivity contribution >= 4 is 23.2 Å². The fourth-order valence-electron chi connectivity index (χ4n) is 3.06. The summed E-state index contributed by atoms with van der Waals surface area (Å²) in [5, 5.41) is 0. The van der Waals surface area contributed by atoms with Gasteiger partial charge in [0.05, 0.1) is 12.7 Å². The lowest BCUT2D eigenvalue weighted by molar-refractivity contribution is 0.0600. The van der Waals surface area contributed by atoms with Crippen molar-refractivity contribution < 1.29 is 14.3 Å². The van der Waals surface area contributed by atoms with E-state index in [0.717, 1.165) is 11.3 Å². The van der Waals surface area contributed by atoms with Crippen molar-refractivity contribution in [2.24, 2.45) is 10.9 Å². The SMILES string of the molecule is COC(=O)c1ccc(C(=O)/N=c2\sc(C(C)(C)C)c(C)n2CC2CC2)cc1. The average Bonchev–Trinajstić information content (AvgIpc) is 3.39. The standard InChI is InChI=1S/C21H26N2O3S/c1-13-17(21(2,3)4)27-20(23(13)12-14-6-7-14)22-18(24)15-8-10-16(11-9-15)19(25)26-5/h8-11,14H,6-7,12H2,1-5H3/b22-20-. The molecular weight excluding hydrogens is 360 g/mol. The van der Waals surface area contributed by atoms with Crippen LogP contribution in [0.5, 0.6) is 0 Å². The van der Waals surface area contributed by atoms with E-state index in [9.17, 15) is 9.59 Å². The van der Waals surface area contributed by atoms with Gasteiger partial charge in [0.25, 0.3) is 5.91 Å². The van der Waals surface area contributed by atoms with Crippen molar-refractivity contribution in [3.05, 3.63) is 50.8 Å². The van der Waals surface area contributed by atoms with Gasteiger partial charge >= 0.3 is 5.97 Å². The highest BCUT2D eigenvalue weighted by molar-refractivity contribution is 7.09. The van der Waals surface area contributed by atoms with Crippen molar-refractivity contribution in [2.45, 2.75) is 52.5 Å². The molecule has 144 valence electrons. The molecule has 6 heteroatoms. The van der Waals surface area contributed by atoms with Crippen LogP contribution in [0.25, 0.3) is 0 Å². The predicted molar refractivity (Wildman–Crippen MR) is 106 cm³/mol. The number of esters is 1. The van der Waals surface area contributed by atoms with E-state index in [4.69, 9.17) is 0 Å². The van der Waals surface area contributed by atoms with E-state index < -0.39 is 5.97 Å². The molecule has 1 aromatic heterocycles. The van der Waals surface area contributed by atoms with Crippen LogP contribution >= 0.6 is 11.3 Å². The second kappa shape index (κ2) is 7.43. The molecule has 0 saturated heterocycles. The minimum atomic E-state index is -0.420. The molecule has 0 radical (unpaired) electrons. The molecule has 0 N–H and O–H groups in total. The van der Waals surface area contributed by atoms with E-state index in [1.165, 1.54) is 30.5 Å². The largest absolute Gasteiger partial charge is 0.465 e. The summed E-state index contributed by atoms with van der Waals surface area (Å²) in [5.74, 6) is -0.0194. The molecule has 1 heterocycles. The van der Waals surface area contributed by atoms with E-state index in [0.29, 0.717) is 17.0 Å². The van der Waals surface area contributed by atoms with Gasteiger partial charge in [-0.25, -0.2) is 4.79 Å². The van der Waals surface area contributed by atoms with Crippen LogP contribution < -0.4 is 4.80 Å². The van der Waals surface area contributed by atoms with Crippen LogP contribution in [0, 0.1) is 12.8 Å². The Morgan fingerprint density at radius 3 is 2.30 bits per heavy atom. The third-order valence-corrected chi connectivity index (χ3v) is 6.33. The lowest BCUT2D eigenvalue weighted by Crippen LogP contribution is -2.20. The highest BCUT2D eigenvalue weighted by Gasteiger charge is 2.27. The van der Waals surface area contributed by atoms with Crippen molar-refractivity contribution in [3.8, 4) is 0 Å². The molecule has 1 fully saturated rings. The molecule has 3 rings (SSSR count). The third kappa shape index (κ3) is 4.38. The predicted octanol–water partition coefficient (Wildman–Crippen LogP) is 4.09. The summed E-state index contributed by atoms with van der Waals surface area (Å²) >= 11 is 1.60. The van der Waals surface area contributed by atoms with Crippen LogP contribution in [-0.4, -0.2) is 23.6 Å². The van der Waals surface area contributed by atoms with Crippen molar-refractivity contribution in [3.63, 3.8) is 0 Å². The van der Waals surface area contributed by atoms with Gasteiger partial charge < -0.3 is 9.30 Å². The second-order valence-corrected chi connectivity index (χ2v) is 9.07. The zero-order valence-corrected chi connectivity index (χ0v) is 17.4. The van der Waals surface area contributed by atoms with Gasteiger partial charge in [0, 0.05) is 22.7 Å². The normalized spacial score (nSPS) is 15.1. The van der Waals surface area contributed by atoms with Gasteiger partial charge in [0.2, 0.25) is 0 Å². The smallest absolute Gasteiger partial charge is 0.337 e. The Bertz CT molecular complexity index is 926. The van der Waals surface area contributed by atoms with E-state index in [1.807, 2.05) is 0 Å². The number of amides is 1. The van der Waals surface area contributed by atoms with E-state index in [-0.39, 0.29) is 11.3 Å². The molecule has 1 amide bonds. The van der Waals surface area contributed by atoms with Crippen molar-refractivity contribution in [1.82, 2.24) is 4.57 Å². The van der Waals surface area contributed by atoms with Gasteiger partial charge in [-0.05, 0) is 55.4 Å². The first kappa shape index (κ1) is 19.5. The third-order valence-electron chi connectivity index (χ3n) is 4.73. The fourth-order valence-corrected chi connectivity index (χ4v) is 4.25. The number of thiazole rings is 1. The summed E-state index contributed by atoms with van der Waals surface area (Å²) in [7, 11) is 1.33. The lowest BCUT2D eigenvalue weighted by atomic mass is 9.93. The first-order chi connectivity index (χ1) is 12.7. The zero-order chi connectivity index (χ0) is 19.8. The number of benzene rings is 1. The van der Waals surface area contributed by atoms with Crippen molar-refractivity contribution in [1.29, 1.82) is 0 Å². The van der Waals surface area contributed by atoms with Gasteiger partial charge in [-0.3, -0.25) is 4.79 Å². The van der Waals surface area contributed by atoms with E-state index >= 15 is 0 Å². The number of methoxy groups -OCH3 is 1. The van der Waals surface area contributed by atoms with Crippen LogP contribution in [0.2, 0.25) is 0 Å². The first-order valence-electron chi connectivity index (χ1n) is 9.19. The summed E-state index contributed by atoms with van der Waals surface area (Å²) in [6.45, 7) is 9.60. The number of carbonyl (C=O) groups is 2. The summed E-state index contributed by atoms with van der Waals surface area (Å²) in [6.07, 6.45) is 2.49. The second-order valence-electron chi connectivity index (χ2n) is 8.09. The summed E-state index contributed by atoms with van der Waals surface area (Å²) in [6, 6.07) is 6.42. The molecule has 1 aromatic carbocycles. The minimum absolute atomic E-state index is 0.0129. The Morgan fingerprint density at radius 1 is 1.19 bits per heavy atom. The quantitative estimate of drug-likeness (QED) is 0.744. The van der Waals surface area contributed by atoms with Gasteiger partial charge in [-0.1, -0.05) is 20.8 Å². The molecule has 1 aliphatic rings. The number of carbonyl (C=O) groups excluding carboxylic acids is 2. The number of hydrogen-bond acceptors (Lipinski definition) is 4. The molecule has 2 aromatic rings. The minimum Gasteiger partial charge on any atom is -0.465 e. The van der Waals surface area contributed by atoms with Gasteiger partial charge in [-0.15, -0.1) is 11.3 Å². The molecule has 0 aliphatic heterocycles. The molecule has 0 spiro atoms. The van der Waals surface area contributed by atoms with Crippen LogP contribution in [-0.2, 0) is 16.7 Å². The number of rotatable bonds is 4. The number of hydrogen-bond donors (Lipinski definition) is 0. The molecule has 0 atom stereocenters. The molecular formula is C21H26N2O3S. The van der Waals surface area contributed by atoms with Crippen LogP contribution in [0.4, 0.5) is 0 Å². The molecule has 1 aliphatic carbocycles. The maximum Gasteiger partial charge on any atom is 0.337 e. The van der Waals surface area contributed by atoms with E-state index in [2.05, 4.69) is 42.0 Å². The zero-order valence-electron chi connectivity index (χ0n) is 16.5.